The molecule has 92 valence electrons. The highest BCUT2D eigenvalue weighted by atomic mass is 16.7. The van der Waals surface area contributed by atoms with Crippen molar-refractivity contribution in [3.05, 3.63) is 12.2 Å². The van der Waals surface area contributed by atoms with E-state index in [1.54, 1.807) is 0 Å². The van der Waals surface area contributed by atoms with E-state index in [1.807, 2.05) is 0 Å². The molecule has 16 heavy (non-hydrogen) atoms. The van der Waals surface area contributed by atoms with Crippen LogP contribution in [0.3, 0.4) is 0 Å². The second kappa shape index (κ2) is 5.80. The first-order valence-electron chi connectivity index (χ1n) is 6.39. The summed E-state index contributed by atoms with van der Waals surface area (Å²) in [6.45, 7) is 1.39. The average molecular weight is 226 g/mol. The van der Waals surface area contributed by atoms with Crippen molar-refractivity contribution in [3.8, 4) is 0 Å². The lowest BCUT2D eigenvalue weighted by Gasteiger charge is -2.29. The molecule has 1 fully saturated rings. The summed E-state index contributed by atoms with van der Waals surface area (Å²) in [5.41, 5.74) is -0.535. The van der Waals surface area contributed by atoms with Gasteiger partial charge in [-0.25, -0.2) is 0 Å². The fraction of sp³-hybridized carbons (Fsp3) is 0.846. The summed E-state index contributed by atoms with van der Waals surface area (Å²) in [6.07, 6.45) is 11.0. The largest absolute Gasteiger partial charge is 0.390 e. The zero-order valence-electron chi connectivity index (χ0n) is 9.86. The Kier molecular flexibility index (Phi) is 4.38. The molecule has 0 amide bonds. The molecule has 1 N–H and O–H groups in total. The minimum atomic E-state index is -0.535. The van der Waals surface area contributed by atoms with Crippen LogP contribution in [0, 0.1) is 0 Å². The lowest BCUT2D eigenvalue weighted by molar-refractivity contribution is -0.0689. The Bertz CT molecular complexity index is 233. The maximum atomic E-state index is 10.5. The Labute approximate surface area is 97.4 Å². The molecule has 0 aromatic heterocycles. The fourth-order valence-electron chi connectivity index (χ4n) is 2.43. The van der Waals surface area contributed by atoms with Crippen LogP contribution >= 0.6 is 0 Å². The first-order valence-corrected chi connectivity index (χ1v) is 6.39. The van der Waals surface area contributed by atoms with E-state index < -0.39 is 5.60 Å². The van der Waals surface area contributed by atoms with Crippen LogP contribution in [-0.4, -0.2) is 30.2 Å². The molecular formula is C13H22O3. The summed E-state index contributed by atoms with van der Waals surface area (Å²) >= 11 is 0. The SMILES string of the molecule is OC1(CCC2OCCO2)C/C=C\CCCC1. The highest BCUT2D eigenvalue weighted by Crippen LogP contribution is 2.29. The van der Waals surface area contributed by atoms with Crippen LogP contribution in [0.4, 0.5) is 0 Å². The van der Waals surface area contributed by atoms with Crippen LogP contribution in [0.15, 0.2) is 12.2 Å². The van der Waals surface area contributed by atoms with Crippen molar-refractivity contribution in [3.63, 3.8) is 0 Å². The third-order valence-corrected chi connectivity index (χ3v) is 3.46. The maximum Gasteiger partial charge on any atom is 0.157 e. The van der Waals surface area contributed by atoms with E-state index in [9.17, 15) is 5.11 Å². The molecule has 1 heterocycles. The van der Waals surface area contributed by atoms with Gasteiger partial charge >= 0.3 is 0 Å². The summed E-state index contributed by atoms with van der Waals surface area (Å²) in [5.74, 6) is 0. The third kappa shape index (κ3) is 3.58. The molecule has 1 saturated heterocycles. The quantitative estimate of drug-likeness (QED) is 0.751. The van der Waals surface area contributed by atoms with Crippen LogP contribution in [0.2, 0.25) is 0 Å². The van der Waals surface area contributed by atoms with Gasteiger partial charge in [-0.2, -0.15) is 0 Å². The molecule has 0 aromatic rings. The van der Waals surface area contributed by atoms with Gasteiger partial charge in [0.2, 0.25) is 0 Å². The zero-order chi connectivity index (χ0) is 11.3. The number of hydrogen-bond donors (Lipinski definition) is 1. The molecular weight excluding hydrogens is 204 g/mol. The van der Waals surface area contributed by atoms with Gasteiger partial charge in [0.25, 0.3) is 0 Å². The van der Waals surface area contributed by atoms with Crippen LogP contribution in [0.5, 0.6) is 0 Å². The molecule has 3 heteroatoms. The van der Waals surface area contributed by atoms with Crippen molar-refractivity contribution in [1.29, 1.82) is 0 Å². The van der Waals surface area contributed by atoms with Gasteiger partial charge in [-0.1, -0.05) is 18.6 Å². The summed E-state index contributed by atoms with van der Waals surface area (Å²) in [6, 6.07) is 0. The number of hydrogen-bond acceptors (Lipinski definition) is 3. The highest BCUT2D eigenvalue weighted by molar-refractivity contribution is 4.93. The molecule has 1 aliphatic carbocycles. The number of rotatable bonds is 3. The van der Waals surface area contributed by atoms with Crippen molar-refractivity contribution < 1.29 is 14.6 Å². The van der Waals surface area contributed by atoms with Gasteiger partial charge in [-0.05, 0) is 32.1 Å². The van der Waals surface area contributed by atoms with E-state index in [1.165, 1.54) is 6.42 Å². The predicted octanol–water partition coefficient (Wildman–Crippen LogP) is 2.39. The number of aliphatic hydroxyl groups is 1. The minimum absolute atomic E-state index is 0.0848. The van der Waals surface area contributed by atoms with Crippen LogP contribution in [-0.2, 0) is 9.47 Å². The van der Waals surface area contributed by atoms with Gasteiger partial charge in [0.15, 0.2) is 6.29 Å². The van der Waals surface area contributed by atoms with E-state index in [4.69, 9.17) is 9.47 Å². The van der Waals surface area contributed by atoms with Crippen molar-refractivity contribution in [2.75, 3.05) is 13.2 Å². The van der Waals surface area contributed by atoms with Gasteiger partial charge < -0.3 is 14.6 Å². The molecule has 2 rings (SSSR count). The average Bonchev–Trinajstić information content (AvgIpc) is 2.74. The molecule has 0 saturated carbocycles. The molecule has 1 atom stereocenters. The van der Waals surface area contributed by atoms with E-state index in [2.05, 4.69) is 12.2 Å². The Morgan fingerprint density at radius 2 is 2.00 bits per heavy atom. The smallest absolute Gasteiger partial charge is 0.157 e. The minimum Gasteiger partial charge on any atom is -0.390 e. The van der Waals surface area contributed by atoms with Gasteiger partial charge in [0.1, 0.15) is 0 Å². The summed E-state index contributed by atoms with van der Waals surface area (Å²) in [7, 11) is 0. The van der Waals surface area contributed by atoms with Crippen molar-refractivity contribution in [2.45, 2.75) is 56.8 Å². The standard InChI is InChI=1S/C13H22O3/c14-13(7-4-2-1-3-5-8-13)9-6-12-15-10-11-16-12/h2,4,12,14H,1,3,5-11H2/b4-2-. The maximum absolute atomic E-state index is 10.5. The monoisotopic (exact) mass is 226 g/mol. The number of ether oxygens (including phenoxy) is 2. The molecule has 0 bridgehead atoms. The molecule has 3 nitrogen and oxygen atoms in total. The van der Waals surface area contributed by atoms with Crippen LogP contribution < -0.4 is 0 Å². The molecule has 0 aromatic carbocycles. The Hall–Kier alpha value is -0.380. The first-order chi connectivity index (χ1) is 7.79. The van der Waals surface area contributed by atoms with Crippen molar-refractivity contribution >= 4 is 0 Å². The molecule has 0 spiro atoms. The Morgan fingerprint density at radius 3 is 2.81 bits per heavy atom. The summed E-state index contributed by atoms with van der Waals surface area (Å²) in [4.78, 5) is 0. The van der Waals surface area contributed by atoms with E-state index in [0.717, 1.165) is 38.5 Å². The van der Waals surface area contributed by atoms with Gasteiger partial charge in [-0.15, -0.1) is 0 Å². The Balaban J connectivity index is 1.79. The van der Waals surface area contributed by atoms with Gasteiger partial charge in [0, 0.05) is 6.42 Å². The summed E-state index contributed by atoms with van der Waals surface area (Å²) < 4.78 is 10.8. The first kappa shape index (κ1) is 12.1. The molecule has 1 unspecified atom stereocenters. The molecule has 2 aliphatic rings. The third-order valence-electron chi connectivity index (χ3n) is 3.46. The van der Waals surface area contributed by atoms with E-state index in [-0.39, 0.29) is 6.29 Å². The van der Waals surface area contributed by atoms with Crippen molar-refractivity contribution in [2.24, 2.45) is 0 Å². The van der Waals surface area contributed by atoms with Gasteiger partial charge in [-0.3, -0.25) is 0 Å². The van der Waals surface area contributed by atoms with Crippen LogP contribution in [0.25, 0.3) is 0 Å². The molecule has 0 radical (unpaired) electrons. The lowest BCUT2D eigenvalue weighted by Crippen LogP contribution is -2.30. The lowest BCUT2D eigenvalue weighted by atomic mass is 9.86. The second-order valence-electron chi connectivity index (χ2n) is 4.86. The fourth-order valence-corrected chi connectivity index (χ4v) is 2.43. The Morgan fingerprint density at radius 1 is 1.19 bits per heavy atom. The van der Waals surface area contributed by atoms with E-state index in [0.29, 0.717) is 13.2 Å². The second-order valence-corrected chi connectivity index (χ2v) is 4.86. The summed E-state index contributed by atoms with van der Waals surface area (Å²) in [5, 5.41) is 10.5. The van der Waals surface area contributed by atoms with E-state index >= 15 is 0 Å². The topological polar surface area (TPSA) is 38.7 Å². The zero-order valence-corrected chi connectivity index (χ0v) is 9.86. The number of allylic oxidation sites excluding steroid dienone is 1. The molecule has 1 aliphatic heterocycles. The van der Waals surface area contributed by atoms with Gasteiger partial charge in [0.05, 0.1) is 18.8 Å². The normalized spacial score (nSPS) is 34.6. The highest BCUT2D eigenvalue weighted by Gasteiger charge is 2.28. The van der Waals surface area contributed by atoms with Crippen LogP contribution in [0.1, 0.15) is 44.9 Å². The van der Waals surface area contributed by atoms with Crippen molar-refractivity contribution in [1.82, 2.24) is 0 Å². The predicted molar refractivity (Wildman–Crippen MR) is 62.1 cm³/mol.